The van der Waals surface area contributed by atoms with Gasteiger partial charge in [-0.15, -0.1) is 0 Å². The summed E-state index contributed by atoms with van der Waals surface area (Å²) in [5, 5.41) is 9.44. The lowest BCUT2D eigenvalue weighted by Crippen LogP contribution is -2.29. The van der Waals surface area contributed by atoms with Crippen LogP contribution in [0.4, 0.5) is 0 Å². The molecule has 0 saturated carbocycles. The zero-order chi connectivity index (χ0) is 13.9. The van der Waals surface area contributed by atoms with Crippen molar-refractivity contribution in [3.63, 3.8) is 0 Å². The van der Waals surface area contributed by atoms with Crippen molar-refractivity contribution < 1.29 is 19.4 Å². The van der Waals surface area contributed by atoms with Crippen LogP contribution in [0.5, 0.6) is 11.5 Å². The molecule has 0 spiro atoms. The highest BCUT2D eigenvalue weighted by Crippen LogP contribution is 2.31. The van der Waals surface area contributed by atoms with Gasteiger partial charge in [0.2, 0.25) is 5.91 Å². The maximum atomic E-state index is 12.0. The van der Waals surface area contributed by atoms with Gasteiger partial charge in [0.05, 0.1) is 6.10 Å². The van der Waals surface area contributed by atoms with E-state index in [1.807, 2.05) is 18.2 Å². The number of benzene rings is 1. The number of carbonyl (C=O) groups excluding carboxylic acids is 1. The minimum atomic E-state index is -0.353. The van der Waals surface area contributed by atoms with Crippen molar-refractivity contribution in [3.8, 4) is 11.5 Å². The van der Waals surface area contributed by atoms with Crippen molar-refractivity contribution in [1.29, 1.82) is 0 Å². The molecule has 5 nitrogen and oxygen atoms in total. The lowest BCUT2D eigenvalue weighted by Gasteiger charge is -2.19. The number of amides is 1. The van der Waals surface area contributed by atoms with Gasteiger partial charge in [-0.2, -0.15) is 0 Å². The number of rotatable bonds is 3. The Kier molecular flexibility index (Phi) is 3.78. The molecule has 3 rings (SSSR count). The maximum Gasteiger partial charge on any atom is 0.222 e. The van der Waals surface area contributed by atoms with E-state index in [2.05, 4.69) is 0 Å². The molecule has 2 heterocycles. The predicted octanol–water partition coefficient (Wildman–Crippen LogP) is 0.984. The smallest absolute Gasteiger partial charge is 0.222 e. The first kappa shape index (κ1) is 13.2. The predicted molar refractivity (Wildman–Crippen MR) is 73.0 cm³/mol. The van der Waals surface area contributed by atoms with Crippen molar-refractivity contribution in [2.24, 2.45) is 0 Å². The average Bonchev–Trinajstić information content (AvgIpc) is 2.91. The van der Waals surface area contributed by atoms with Crippen LogP contribution in [-0.4, -0.2) is 48.3 Å². The van der Waals surface area contributed by atoms with E-state index in [9.17, 15) is 9.90 Å². The largest absolute Gasteiger partial charge is 0.486 e. The minimum Gasteiger partial charge on any atom is -0.486 e. The molecule has 5 heteroatoms. The third kappa shape index (κ3) is 2.88. The molecule has 1 aromatic rings. The maximum absolute atomic E-state index is 12.0. The summed E-state index contributed by atoms with van der Waals surface area (Å²) in [5.41, 5.74) is 1.07. The second-order valence-electron chi connectivity index (χ2n) is 5.26. The number of aliphatic hydroxyl groups excluding tert-OH is 1. The molecule has 0 aliphatic carbocycles. The summed E-state index contributed by atoms with van der Waals surface area (Å²) in [5.74, 6) is 1.64. The van der Waals surface area contributed by atoms with Crippen LogP contribution in [0, 0.1) is 0 Å². The number of ether oxygens (including phenoxy) is 2. The molecule has 1 amide bonds. The Morgan fingerprint density at radius 1 is 1.30 bits per heavy atom. The summed E-state index contributed by atoms with van der Waals surface area (Å²) < 4.78 is 11.0. The lowest BCUT2D eigenvalue weighted by molar-refractivity contribution is -0.130. The molecule has 0 unspecified atom stereocenters. The Hall–Kier alpha value is -1.75. The van der Waals surface area contributed by atoms with Crippen molar-refractivity contribution >= 4 is 5.91 Å². The van der Waals surface area contributed by atoms with Crippen LogP contribution in [0.15, 0.2) is 18.2 Å². The van der Waals surface area contributed by atoms with Crippen molar-refractivity contribution in [3.05, 3.63) is 23.8 Å². The molecule has 1 fully saturated rings. The molecule has 1 N–H and O–H groups in total. The number of nitrogens with zero attached hydrogens (tertiary/aromatic N) is 1. The Morgan fingerprint density at radius 2 is 2.10 bits per heavy atom. The fraction of sp³-hybridized carbons (Fsp3) is 0.533. The molecule has 2 aliphatic rings. The minimum absolute atomic E-state index is 0.108. The van der Waals surface area contributed by atoms with Gasteiger partial charge >= 0.3 is 0 Å². The highest BCUT2D eigenvalue weighted by Gasteiger charge is 2.24. The van der Waals surface area contributed by atoms with E-state index in [0.717, 1.165) is 17.1 Å². The van der Waals surface area contributed by atoms with Gasteiger partial charge in [0.1, 0.15) is 13.2 Å². The fourth-order valence-electron chi connectivity index (χ4n) is 2.62. The number of likely N-dealkylation sites (tertiary alicyclic amines) is 1. The molecule has 1 saturated heterocycles. The second kappa shape index (κ2) is 5.71. The van der Waals surface area contributed by atoms with Gasteiger partial charge in [0, 0.05) is 19.5 Å². The van der Waals surface area contributed by atoms with E-state index < -0.39 is 0 Å². The molecule has 0 radical (unpaired) electrons. The lowest BCUT2D eigenvalue weighted by atomic mass is 10.1. The summed E-state index contributed by atoms with van der Waals surface area (Å²) >= 11 is 0. The van der Waals surface area contributed by atoms with E-state index >= 15 is 0 Å². The van der Waals surface area contributed by atoms with Gasteiger partial charge in [0.25, 0.3) is 0 Å². The molecule has 20 heavy (non-hydrogen) atoms. The first-order valence-corrected chi connectivity index (χ1v) is 7.07. The molecule has 0 bridgehead atoms. The molecule has 1 aromatic carbocycles. The molecular formula is C15H19NO4. The Bertz CT molecular complexity index is 503. The fourth-order valence-corrected chi connectivity index (χ4v) is 2.62. The van der Waals surface area contributed by atoms with Crippen molar-refractivity contribution in [2.75, 3.05) is 26.3 Å². The zero-order valence-corrected chi connectivity index (χ0v) is 11.4. The van der Waals surface area contributed by atoms with E-state index in [4.69, 9.17) is 9.47 Å². The summed E-state index contributed by atoms with van der Waals surface area (Å²) in [7, 11) is 0. The quantitative estimate of drug-likeness (QED) is 0.895. The number of carbonyl (C=O) groups is 1. The Labute approximate surface area is 118 Å². The van der Waals surface area contributed by atoms with E-state index in [-0.39, 0.29) is 12.0 Å². The first-order valence-electron chi connectivity index (χ1n) is 7.07. The number of hydrogen-bond acceptors (Lipinski definition) is 4. The van der Waals surface area contributed by atoms with Crippen LogP contribution in [0.2, 0.25) is 0 Å². The van der Waals surface area contributed by atoms with Gasteiger partial charge < -0.3 is 19.5 Å². The van der Waals surface area contributed by atoms with E-state index in [0.29, 0.717) is 45.6 Å². The highest BCUT2D eigenvalue weighted by molar-refractivity contribution is 5.76. The third-order valence-corrected chi connectivity index (χ3v) is 3.75. The molecule has 108 valence electrons. The summed E-state index contributed by atoms with van der Waals surface area (Å²) in [4.78, 5) is 13.8. The standard InChI is InChI=1S/C15H19NO4/c17-12-5-6-16(10-12)15(18)4-2-11-1-3-13-14(9-11)20-8-7-19-13/h1,3,9,12,17H,2,4-8,10H2/t12-/m0/s1. The molecule has 1 atom stereocenters. The van der Waals surface area contributed by atoms with Gasteiger partial charge in [-0.1, -0.05) is 6.07 Å². The highest BCUT2D eigenvalue weighted by atomic mass is 16.6. The van der Waals surface area contributed by atoms with Gasteiger partial charge in [-0.05, 0) is 30.5 Å². The van der Waals surface area contributed by atoms with Crippen LogP contribution in [0.3, 0.4) is 0 Å². The monoisotopic (exact) mass is 277 g/mol. The number of aliphatic hydroxyl groups is 1. The number of aryl methyl sites for hydroxylation is 1. The van der Waals surface area contributed by atoms with E-state index in [1.165, 1.54) is 0 Å². The number of fused-ring (bicyclic) bond motifs is 1. The second-order valence-corrected chi connectivity index (χ2v) is 5.26. The molecular weight excluding hydrogens is 258 g/mol. The normalized spacial score (nSPS) is 21.1. The Morgan fingerprint density at radius 3 is 2.85 bits per heavy atom. The van der Waals surface area contributed by atoms with E-state index in [1.54, 1.807) is 4.90 Å². The van der Waals surface area contributed by atoms with Crippen LogP contribution in [0.25, 0.3) is 0 Å². The number of hydrogen-bond donors (Lipinski definition) is 1. The topological polar surface area (TPSA) is 59.0 Å². The van der Waals surface area contributed by atoms with Crippen LogP contribution in [-0.2, 0) is 11.2 Å². The van der Waals surface area contributed by atoms with Gasteiger partial charge in [0.15, 0.2) is 11.5 Å². The number of β-amino-alcohol motifs (C(OH)–C–C–N with tert-alkyl or cyclic N) is 1. The Balaban J connectivity index is 1.57. The van der Waals surface area contributed by atoms with Crippen molar-refractivity contribution in [2.45, 2.75) is 25.4 Å². The van der Waals surface area contributed by atoms with Crippen LogP contribution >= 0.6 is 0 Å². The van der Waals surface area contributed by atoms with Crippen molar-refractivity contribution in [1.82, 2.24) is 4.90 Å². The van der Waals surface area contributed by atoms with Crippen LogP contribution < -0.4 is 9.47 Å². The summed E-state index contributed by atoms with van der Waals surface area (Å²) in [6.07, 6.45) is 1.48. The molecule has 0 aromatic heterocycles. The SMILES string of the molecule is O=C(CCc1ccc2c(c1)OCCO2)N1CC[C@H](O)C1. The average molecular weight is 277 g/mol. The summed E-state index contributed by atoms with van der Waals surface area (Å²) in [6.45, 7) is 2.30. The van der Waals surface area contributed by atoms with Gasteiger partial charge in [-0.3, -0.25) is 4.79 Å². The van der Waals surface area contributed by atoms with Gasteiger partial charge in [-0.25, -0.2) is 0 Å². The molecule has 2 aliphatic heterocycles. The zero-order valence-electron chi connectivity index (χ0n) is 11.4. The summed E-state index contributed by atoms with van der Waals surface area (Å²) in [6, 6.07) is 5.81. The first-order chi connectivity index (χ1) is 9.72. The van der Waals surface area contributed by atoms with Crippen LogP contribution in [0.1, 0.15) is 18.4 Å². The third-order valence-electron chi connectivity index (χ3n) is 3.75.